The Morgan fingerprint density at radius 1 is 0.593 bits per heavy atom. The van der Waals surface area contributed by atoms with Crippen LogP contribution in [0.25, 0.3) is 0 Å². The van der Waals surface area contributed by atoms with Gasteiger partial charge in [0.05, 0.1) is 24.2 Å². The molecule has 8 atom stereocenters. The van der Waals surface area contributed by atoms with Crippen LogP contribution in [0.3, 0.4) is 0 Å². The Morgan fingerprint density at radius 2 is 0.926 bits per heavy atom. The number of hydrogen-bond acceptors (Lipinski definition) is 8. The standard InChI is InChI=1S/C19H24N4O4/c1-12-3-18(22-10-26)14(6-16(12)20-8-24)5-15-7-17(21-9-25)13(2)4-19(15)23-11-27/h12-19H,3-7H2,1-2H3. The molecule has 0 spiro atoms. The highest BCUT2D eigenvalue weighted by Gasteiger charge is 2.41. The van der Waals surface area contributed by atoms with Crippen molar-refractivity contribution in [2.24, 2.45) is 43.6 Å². The first kappa shape index (κ1) is 20.8. The van der Waals surface area contributed by atoms with E-state index < -0.39 is 0 Å². The Balaban J connectivity index is 2.24. The highest BCUT2D eigenvalue weighted by atomic mass is 16.1. The summed E-state index contributed by atoms with van der Waals surface area (Å²) in [6.45, 7) is 3.96. The van der Waals surface area contributed by atoms with Crippen molar-refractivity contribution in [3.05, 3.63) is 0 Å². The summed E-state index contributed by atoms with van der Waals surface area (Å²) in [5.74, 6) is 0.251. The van der Waals surface area contributed by atoms with E-state index in [1.165, 1.54) is 0 Å². The Morgan fingerprint density at radius 3 is 1.26 bits per heavy atom. The molecular formula is C19H24N4O4. The normalized spacial score (nSPS) is 38.3. The second-order valence-corrected chi connectivity index (χ2v) is 7.80. The average molecular weight is 372 g/mol. The van der Waals surface area contributed by atoms with Gasteiger partial charge >= 0.3 is 0 Å². The van der Waals surface area contributed by atoms with E-state index in [1.807, 2.05) is 13.8 Å². The van der Waals surface area contributed by atoms with E-state index in [1.54, 1.807) is 24.3 Å². The molecule has 0 aromatic carbocycles. The van der Waals surface area contributed by atoms with E-state index in [4.69, 9.17) is 0 Å². The maximum atomic E-state index is 10.9. The molecule has 2 rings (SSSR count). The first-order chi connectivity index (χ1) is 13.0. The number of rotatable bonds is 6. The van der Waals surface area contributed by atoms with Gasteiger partial charge < -0.3 is 0 Å². The topological polar surface area (TPSA) is 118 Å². The molecule has 0 aliphatic heterocycles. The molecule has 144 valence electrons. The predicted molar refractivity (Wildman–Crippen MR) is 96.0 cm³/mol. The monoisotopic (exact) mass is 372 g/mol. The van der Waals surface area contributed by atoms with Crippen LogP contribution < -0.4 is 0 Å². The van der Waals surface area contributed by atoms with E-state index in [0.29, 0.717) is 32.1 Å². The second kappa shape index (κ2) is 10.0. The highest BCUT2D eigenvalue weighted by Crippen LogP contribution is 2.42. The molecule has 2 aliphatic rings. The fraction of sp³-hybridized carbons (Fsp3) is 0.789. The molecule has 0 bridgehead atoms. The smallest absolute Gasteiger partial charge is 0.211 e. The van der Waals surface area contributed by atoms with Crippen molar-refractivity contribution in [2.75, 3.05) is 0 Å². The summed E-state index contributed by atoms with van der Waals surface area (Å²) in [6, 6.07) is -0.734. The maximum Gasteiger partial charge on any atom is 0.235 e. The quantitative estimate of drug-likeness (QED) is 0.525. The minimum atomic E-state index is -0.205. The van der Waals surface area contributed by atoms with Gasteiger partial charge in [0.15, 0.2) is 0 Å². The van der Waals surface area contributed by atoms with Crippen molar-refractivity contribution in [2.45, 2.75) is 70.1 Å². The van der Waals surface area contributed by atoms with Crippen LogP contribution in [0.2, 0.25) is 0 Å². The zero-order chi connectivity index (χ0) is 19.8. The van der Waals surface area contributed by atoms with Gasteiger partial charge in [-0.15, -0.1) is 0 Å². The lowest BCUT2D eigenvalue weighted by Gasteiger charge is -2.41. The summed E-state index contributed by atoms with van der Waals surface area (Å²) in [5, 5.41) is 0. The lowest BCUT2D eigenvalue weighted by Crippen LogP contribution is -2.41. The van der Waals surface area contributed by atoms with Gasteiger partial charge in [0.1, 0.15) is 0 Å². The Bertz CT molecular complexity index is 655. The van der Waals surface area contributed by atoms with E-state index in [9.17, 15) is 19.2 Å². The van der Waals surface area contributed by atoms with Crippen molar-refractivity contribution < 1.29 is 19.2 Å². The first-order valence-electron chi connectivity index (χ1n) is 9.31. The Hall–Kier alpha value is -2.48. The van der Waals surface area contributed by atoms with Crippen molar-refractivity contribution >= 4 is 24.3 Å². The Labute approximate surface area is 158 Å². The van der Waals surface area contributed by atoms with Gasteiger partial charge in [0.25, 0.3) is 0 Å². The van der Waals surface area contributed by atoms with Crippen LogP contribution >= 0.6 is 0 Å². The third kappa shape index (κ3) is 5.26. The summed E-state index contributed by atoms with van der Waals surface area (Å²) in [5.41, 5.74) is 0. The van der Waals surface area contributed by atoms with Gasteiger partial charge in [-0.3, -0.25) is 0 Å². The second-order valence-electron chi connectivity index (χ2n) is 7.80. The fourth-order valence-electron chi connectivity index (χ4n) is 4.70. The number of nitrogens with zero attached hydrogens (tertiary/aromatic N) is 4. The molecule has 8 unspecified atom stereocenters. The molecule has 0 radical (unpaired) electrons. The molecule has 2 aliphatic carbocycles. The van der Waals surface area contributed by atoms with E-state index in [-0.39, 0.29) is 47.8 Å². The van der Waals surface area contributed by atoms with Crippen LogP contribution in [0.5, 0.6) is 0 Å². The van der Waals surface area contributed by atoms with Gasteiger partial charge in [-0.1, -0.05) is 13.8 Å². The highest BCUT2D eigenvalue weighted by molar-refractivity contribution is 5.36. The van der Waals surface area contributed by atoms with Crippen LogP contribution in [-0.4, -0.2) is 48.5 Å². The molecule has 0 saturated heterocycles. The zero-order valence-electron chi connectivity index (χ0n) is 15.6. The van der Waals surface area contributed by atoms with Crippen LogP contribution in [0.15, 0.2) is 20.0 Å². The van der Waals surface area contributed by atoms with Gasteiger partial charge in [0, 0.05) is 0 Å². The van der Waals surface area contributed by atoms with E-state index in [0.717, 1.165) is 0 Å². The summed E-state index contributed by atoms with van der Waals surface area (Å²) >= 11 is 0. The summed E-state index contributed by atoms with van der Waals surface area (Å²) in [4.78, 5) is 59.0. The molecule has 0 heterocycles. The minimum absolute atomic E-state index is 0.00775. The van der Waals surface area contributed by atoms with Crippen LogP contribution in [0.4, 0.5) is 0 Å². The largest absolute Gasteiger partial charge is 0.235 e. The average Bonchev–Trinajstić information content (AvgIpc) is 2.63. The van der Waals surface area contributed by atoms with E-state index in [2.05, 4.69) is 20.0 Å². The third-order valence-electron chi connectivity index (χ3n) is 6.20. The molecule has 8 heteroatoms. The lowest BCUT2D eigenvalue weighted by atomic mass is 9.68. The van der Waals surface area contributed by atoms with Crippen LogP contribution in [0.1, 0.15) is 46.0 Å². The predicted octanol–water partition coefficient (Wildman–Crippen LogP) is 2.29. The van der Waals surface area contributed by atoms with Crippen LogP contribution in [0, 0.1) is 23.7 Å². The summed E-state index contributed by atoms with van der Waals surface area (Å²) < 4.78 is 0. The molecule has 0 N–H and O–H groups in total. The number of isocyanates is 4. The first-order valence-corrected chi connectivity index (χ1v) is 9.31. The van der Waals surface area contributed by atoms with E-state index >= 15 is 0 Å². The van der Waals surface area contributed by atoms with Gasteiger partial charge in [-0.25, -0.2) is 39.1 Å². The number of hydrogen-bond donors (Lipinski definition) is 0. The Kier molecular flexibility index (Phi) is 7.72. The van der Waals surface area contributed by atoms with Crippen molar-refractivity contribution in [1.29, 1.82) is 0 Å². The van der Waals surface area contributed by atoms with Gasteiger partial charge in [-0.2, -0.15) is 0 Å². The fourth-order valence-corrected chi connectivity index (χ4v) is 4.70. The van der Waals surface area contributed by atoms with Crippen molar-refractivity contribution in [3.63, 3.8) is 0 Å². The summed E-state index contributed by atoms with van der Waals surface area (Å²) in [6.07, 6.45) is 9.73. The van der Waals surface area contributed by atoms with Crippen molar-refractivity contribution in [1.82, 2.24) is 0 Å². The molecule has 0 aromatic heterocycles. The molecule has 27 heavy (non-hydrogen) atoms. The lowest BCUT2D eigenvalue weighted by molar-refractivity contribution is 0.143. The molecule has 2 saturated carbocycles. The van der Waals surface area contributed by atoms with Gasteiger partial charge in [-0.05, 0) is 55.8 Å². The van der Waals surface area contributed by atoms with Gasteiger partial charge in [0.2, 0.25) is 24.3 Å². The minimum Gasteiger partial charge on any atom is -0.211 e. The molecule has 2 fully saturated rings. The number of aliphatic imine (C=N–C) groups is 4. The molecule has 0 aromatic rings. The third-order valence-corrected chi connectivity index (χ3v) is 6.20. The molecule has 0 amide bonds. The molecule has 8 nitrogen and oxygen atoms in total. The van der Waals surface area contributed by atoms with Crippen LogP contribution in [-0.2, 0) is 19.2 Å². The summed E-state index contributed by atoms with van der Waals surface area (Å²) in [7, 11) is 0. The van der Waals surface area contributed by atoms with Crippen molar-refractivity contribution in [3.8, 4) is 0 Å². The number of carbonyl (C=O) groups excluding carboxylic acids is 4. The zero-order valence-corrected chi connectivity index (χ0v) is 15.6. The maximum absolute atomic E-state index is 10.9. The molecular weight excluding hydrogens is 348 g/mol. The SMILES string of the molecule is CC1CC(N=C=O)C(CC2CC(N=C=O)C(C)CC2N=C=O)CC1N=C=O.